The lowest BCUT2D eigenvalue weighted by Gasteiger charge is -2.42. The molecule has 0 saturated carbocycles. The van der Waals surface area contributed by atoms with Crippen LogP contribution in [0.1, 0.15) is 33.6 Å². The number of halogens is 3. The van der Waals surface area contributed by atoms with E-state index in [9.17, 15) is 22.8 Å². The predicted molar refractivity (Wildman–Crippen MR) is 78.3 cm³/mol. The molecule has 138 valence electrons. The minimum atomic E-state index is -4.82. The van der Waals surface area contributed by atoms with Crippen molar-refractivity contribution in [3.63, 3.8) is 0 Å². The second-order valence-electron chi connectivity index (χ2n) is 7.13. The van der Waals surface area contributed by atoms with Gasteiger partial charge in [0.15, 0.2) is 0 Å². The molecule has 9 heteroatoms. The number of carbonyl (C=O) groups excluding carboxylic acids is 2. The van der Waals surface area contributed by atoms with Crippen LogP contribution < -0.4 is 0 Å². The van der Waals surface area contributed by atoms with E-state index >= 15 is 0 Å². The van der Waals surface area contributed by atoms with E-state index in [0.29, 0.717) is 25.9 Å². The number of alkyl halides is 3. The normalized spacial score (nSPS) is 20.8. The quantitative estimate of drug-likeness (QED) is 0.764. The summed E-state index contributed by atoms with van der Waals surface area (Å²) in [6, 6.07) is 0. The van der Waals surface area contributed by atoms with Crippen LogP contribution in [0.3, 0.4) is 0 Å². The maximum atomic E-state index is 12.4. The molecule has 0 N–H and O–H groups in total. The highest BCUT2D eigenvalue weighted by molar-refractivity contribution is 5.81. The topological polar surface area (TPSA) is 59.1 Å². The number of amides is 2. The Balaban J connectivity index is 1.68. The van der Waals surface area contributed by atoms with Gasteiger partial charge >= 0.3 is 18.2 Å². The van der Waals surface area contributed by atoms with Crippen molar-refractivity contribution in [1.29, 1.82) is 0 Å². The molecule has 2 aliphatic rings. The number of piperidine rings is 1. The molecule has 2 amide bonds. The molecule has 0 aromatic rings. The first-order valence-electron chi connectivity index (χ1n) is 7.95. The molecule has 0 unspecified atom stereocenters. The van der Waals surface area contributed by atoms with Gasteiger partial charge in [-0.2, -0.15) is 13.2 Å². The van der Waals surface area contributed by atoms with Crippen molar-refractivity contribution in [2.45, 2.75) is 57.6 Å². The molecular formula is C15H23F3N2O4. The monoisotopic (exact) mass is 352 g/mol. The summed E-state index contributed by atoms with van der Waals surface area (Å²) in [5.41, 5.74) is -0.555. The third-order valence-electron chi connectivity index (χ3n) is 3.86. The highest BCUT2D eigenvalue weighted by atomic mass is 19.4. The van der Waals surface area contributed by atoms with Crippen LogP contribution in [0, 0.1) is 0 Å². The summed E-state index contributed by atoms with van der Waals surface area (Å²) in [4.78, 5) is 25.3. The Bertz CT molecular complexity index is 476. The number of rotatable bonds is 2. The lowest BCUT2D eigenvalue weighted by molar-refractivity contribution is -0.188. The highest BCUT2D eigenvalue weighted by Gasteiger charge is 2.44. The van der Waals surface area contributed by atoms with Crippen molar-refractivity contribution < 1.29 is 32.2 Å². The van der Waals surface area contributed by atoms with Crippen molar-refractivity contribution in [3.8, 4) is 0 Å². The Hall–Kier alpha value is -1.51. The zero-order valence-electron chi connectivity index (χ0n) is 14.1. The van der Waals surface area contributed by atoms with Crippen molar-refractivity contribution in [3.05, 3.63) is 0 Å². The van der Waals surface area contributed by atoms with Crippen molar-refractivity contribution in [2.24, 2.45) is 0 Å². The van der Waals surface area contributed by atoms with Crippen LogP contribution >= 0.6 is 0 Å². The van der Waals surface area contributed by atoms with Crippen LogP contribution in [0.5, 0.6) is 0 Å². The molecule has 2 heterocycles. The van der Waals surface area contributed by atoms with E-state index in [2.05, 4.69) is 0 Å². The minimum absolute atomic E-state index is 0.0332. The largest absolute Gasteiger partial charge is 0.471 e. The number of hydrogen-bond donors (Lipinski definition) is 0. The van der Waals surface area contributed by atoms with Crippen LogP contribution in [0.4, 0.5) is 18.0 Å². The summed E-state index contributed by atoms with van der Waals surface area (Å²) in [6.07, 6.45) is -4.81. The fourth-order valence-electron chi connectivity index (χ4n) is 2.65. The van der Waals surface area contributed by atoms with Gasteiger partial charge in [-0.15, -0.1) is 0 Å². The second-order valence-corrected chi connectivity index (χ2v) is 7.13. The first-order valence-corrected chi connectivity index (χ1v) is 7.95. The third-order valence-corrected chi connectivity index (χ3v) is 3.86. The molecule has 0 aliphatic carbocycles. The number of hydrogen-bond acceptors (Lipinski definition) is 4. The van der Waals surface area contributed by atoms with E-state index in [4.69, 9.17) is 9.47 Å². The summed E-state index contributed by atoms with van der Waals surface area (Å²) in [6.45, 7) is 6.25. The first kappa shape index (κ1) is 18.8. The minimum Gasteiger partial charge on any atom is -0.444 e. The fourth-order valence-corrected chi connectivity index (χ4v) is 2.65. The highest BCUT2D eigenvalue weighted by Crippen LogP contribution is 2.25. The Labute approximate surface area is 138 Å². The summed E-state index contributed by atoms with van der Waals surface area (Å²) in [7, 11) is 0. The van der Waals surface area contributed by atoms with E-state index < -0.39 is 23.8 Å². The van der Waals surface area contributed by atoms with Gasteiger partial charge in [0, 0.05) is 13.1 Å². The molecule has 0 spiro atoms. The zero-order chi connectivity index (χ0) is 18.1. The average Bonchev–Trinajstić information content (AvgIpc) is 2.39. The number of likely N-dealkylation sites (tertiary alicyclic amines) is 2. The van der Waals surface area contributed by atoms with Crippen molar-refractivity contribution in [1.82, 2.24) is 9.80 Å². The Kier molecular flexibility index (Phi) is 5.31. The Morgan fingerprint density at radius 1 is 0.958 bits per heavy atom. The lowest BCUT2D eigenvalue weighted by Crippen LogP contribution is -2.57. The van der Waals surface area contributed by atoms with Gasteiger partial charge in [0.1, 0.15) is 5.60 Å². The smallest absolute Gasteiger partial charge is 0.444 e. The Morgan fingerprint density at radius 3 is 1.96 bits per heavy atom. The van der Waals surface area contributed by atoms with Crippen LogP contribution in [0.25, 0.3) is 0 Å². The van der Waals surface area contributed by atoms with Gasteiger partial charge in [0.25, 0.3) is 0 Å². The van der Waals surface area contributed by atoms with Crippen molar-refractivity contribution >= 4 is 12.0 Å². The van der Waals surface area contributed by atoms with Crippen molar-refractivity contribution in [2.75, 3.05) is 26.2 Å². The fraction of sp³-hybridized carbons (Fsp3) is 0.867. The standard InChI is InChI=1S/C15H23F3N2O4/c1-14(2,3)24-13(22)20-8-11(9-20)23-10-4-6-19(7-5-10)12(21)15(16,17)18/h10-11H,4-9H2,1-3H3. The SMILES string of the molecule is CC(C)(C)OC(=O)N1CC(OC2CCN(C(=O)C(F)(F)F)CC2)C1. The van der Waals surface area contributed by atoms with Gasteiger partial charge in [-0.25, -0.2) is 4.79 Å². The molecule has 0 atom stereocenters. The van der Waals surface area contributed by atoms with Gasteiger partial charge < -0.3 is 19.3 Å². The van der Waals surface area contributed by atoms with E-state index in [1.807, 2.05) is 0 Å². The molecule has 2 fully saturated rings. The number of nitrogens with zero attached hydrogens (tertiary/aromatic N) is 2. The van der Waals surface area contributed by atoms with Gasteiger partial charge in [0.2, 0.25) is 0 Å². The molecular weight excluding hydrogens is 329 g/mol. The molecule has 2 saturated heterocycles. The van der Waals surface area contributed by atoms with Crippen LogP contribution in [-0.2, 0) is 14.3 Å². The molecule has 24 heavy (non-hydrogen) atoms. The van der Waals surface area contributed by atoms with E-state index in [1.54, 1.807) is 20.8 Å². The molecule has 0 radical (unpaired) electrons. The summed E-state index contributed by atoms with van der Waals surface area (Å²) < 4.78 is 48.1. The lowest BCUT2D eigenvalue weighted by atomic mass is 10.1. The summed E-state index contributed by atoms with van der Waals surface area (Å²) in [5.74, 6) is -1.79. The van der Waals surface area contributed by atoms with Crippen LogP contribution in [0.2, 0.25) is 0 Å². The van der Waals surface area contributed by atoms with E-state index in [0.717, 1.165) is 4.90 Å². The summed E-state index contributed by atoms with van der Waals surface area (Å²) in [5, 5.41) is 0. The van der Waals surface area contributed by atoms with E-state index in [1.165, 1.54) is 4.90 Å². The Morgan fingerprint density at radius 2 is 1.50 bits per heavy atom. The number of carbonyl (C=O) groups is 2. The average molecular weight is 352 g/mol. The van der Waals surface area contributed by atoms with Gasteiger partial charge in [-0.05, 0) is 33.6 Å². The molecule has 2 aliphatic heterocycles. The van der Waals surface area contributed by atoms with Crippen LogP contribution in [0.15, 0.2) is 0 Å². The molecule has 0 bridgehead atoms. The van der Waals surface area contributed by atoms with Gasteiger partial charge in [-0.3, -0.25) is 4.79 Å². The predicted octanol–water partition coefficient (Wildman–Crippen LogP) is 2.18. The first-order chi connectivity index (χ1) is 11.0. The number of ether oxygens (including phenoxy) is 2. The summed E-state index contributed by atoms with van der Waals surface area (Å²) >= 11 is 0. The second kappa shape index (κ2) is 6.78. The van der Waals surface area contributed by atoms with E-state index in [-0.39, 0.29) is 25.3 Å². The van der Waals surface area contributed by atoms with Crippen LogP contribution in [-0.4, -0.2) is 72.0 Å². The maximum absolute atomic E-state index is 12.4. The third kappa shape index (κ3) is 4.99. The maximum Gasteiger partial charge on any atom is 0.471 e. The van der Waals surface area contributed by atoms with Gasteiger partial charge in [-0.1, -0.05) is 0 Å². The molecule has 6 nitrogen and oxygen atoms in total. The van der Waals surface area contributed by atoms with Gasteiger partial charge in [0.05, 0.1) is 25.3 Å². The molecule has 0 aromatic heterocycles. The molecule has 2 rings (SSSR count). The zero-order valence-corrected chi connectivity index (χ0v) is 14.1. The molecule has 0 aromatic carbocycles.